The molecule has 2 N–H and O–H groups in total. The van der Waals surface area contributed by atoms with Crippen LogP contribution in [-0.2, 0) is 4.79 Å². The molecule has 0 heterocycles. The number of amides is 1. The molecular formula is C14H19NO3. The number of aliphatic hydroxyl groups excluding tert-OH is 1. The second-order valence-electron chi connectivity index (χ2n) is 4.29. The maximum absolute atomic E-state index is 11.8. The molecule has 98 valence electrons. The number of nitrogens with one attached hydrogen (secondary N) is 1. The van der Waals surface area contributed by atoms with Gasteiger partial charge in [-0.15, -0.1) is 0 Å². The lowest BCUT2D eigenvalue weighted by molar-refractivity contribution is -0.117. The van der Waals surface area contributed by atoms with Gasteiger partial charge in [0.25, 0.3) is 5.91 Å². The van der Waals surface area contributed by atoms with Crippen molar-refractivity contribution in [1.29, 1.82) is 0 Å². The lowest BCUT2D eigenvalue weighted by Gasteiger charge is -2.14. The molecule has 1 atom stereocenters. The van der Waals surface area contributed by atoms with Gasteiger partial charge in [-0.3, -0.25) is 9.59 Å². The van der Waals surface area contributed by atoms with E-state index in [4.69, 9.17) is 5.11 Å². The van der Waals surface area contributed by atoms with Crippen LogP contribution in [0.1, 0.15) is 35.7 Å². The van der Waals surface area contributed by atoms with E-state index in [0.29, 0.717) is 18.4 Å². The molecule has 0 saturated heterocycles. The highest BCUT2D eigenvalue weighted by molar-refractivity contribution is 6.42. The third-order valence-electron chi connectivity index (χ3n) is 2.83. The van der Waals surface area contributed by atoms with E-state index >= 15 is 0 Å². The van der Waals surface area contributed by atoms with E-state index < -0.39 is 11.7 Å². The Morgan fingerprint density at radius 1 is 1.28 bits per heavy atom. The Morgan fingerprint density at radius 2 is 1.89 bits per heavy atom. The average Bonchev–Trinajstić information content (AvgIpc) is 2.38. The van der Waals surface area contributed by atoms with E-state index in [1.54, 1.807) is 24.3 Å². The minimum atomic E-state index is -0.612. The molecule has 1 aromatic carbocycles. The van der Waals surface area contributed by atoms with Gasteiger partial charge in [0, 0.05) is 18.2 Å². The molecule has 1 aromatic rings. The number of ketones is 1. The Labute approximate surface area is 107 Å². The van der Waals surface area contributed by atoms with Crippen LogP contribution in [0.25, 0.3) is 0 Å². The van der Waals surface area contributed by atoms with Crippen LogP contribution in [-0.4, -0.2) is 29.4 Å². The molecule has 0 aliphatic heterocycles. The van der Waals surface area contributed by atoms with Crippen molar-refractivity contribution >= 4 is 11.7 Å². The molecule has 0 spiro atoms. The van der Waals surface area contributed by atoms with Crippen LogP contribution in [0.15, 0.2) is 24.3 Å². The van der Waals surface area contributed by atoms with Gasteiger partial charge in [-0.2, -0.15) is 0 Å². The Morgan fingerprint density at radius 3 is 2.39 bits per heavy atom. The Bertz CT molecular complexity index is 412. The summed E-state index contributed by atoms with van der Waals surface area (Å²) in [7, 11) is 0. The lowest BCUT2D eigenvalue weighted by atomic mass is 10.1. The molecule has 0 aliphatic rings. The zero-order valence-corrected chi connectivity index (χ0v) is 10.8. The second-order valence-corrected chi connectivity index (χ2v) is 4.29. The van der Waals surface area contributed by atoms with Crippen molar-refractivity contribution in [2.75, 3.05) is 6.61 Å². The van der Waals surface area contributed by atoms with Crippen molar-refractivity contribution in [1.82, 2.24) is 5.32 Å². The maximum Gasteiger partial charge on any atom is 0.292 e. The van der Waals surface area contributed by atoms with Gasteiger partial charge < -0.3 is 10.4 Å². The number of carbonyl (C=O) groups excluding carboxylic acids is 2. The van der Waals surface area contributed by atoms with Gasteiger partial charge in [-0.1, -0.05) is 36.8 Å². The van der Waals surface area contributed by atoms with Crippen LogP contribution < -0.4 is 5.32 Å². The predicted octanol–water partition coefficient (Wildman–Crippen LogP) is 1.45. The fourth-order valence-electron chi connectivity index (χ4n) is 1.62. The fourth-order valence-corrected chi connectivity index (χ4v) is 1.62. The highest BCUT2D eigenvalue weighted by Gasteiger charge is 2.18. The van der Waals surface area contributed by atoms with E-state index in [9.17, 15) is 9.59 Å². The fraction of sp³-hybridized carbons (Fsp3) is 0.429. The van der Waals surface area contributed by atoms with Gasteiger partial charge in [0.2, 0.25) is 5.78 Å². The van der Waals surface area contributed by atoms with Crippen LogP contribution >= 0.6 is 0 Å². The van der Waals surface area contributed by atoms with Crippen molar-refractivity contribution in [3.63, 3.8) is 0 Å². The number of benzene rings is 1. The summed E-state index contributed by atoms with van der Waals surface area (Å²) in [5.41, 5.74) is 1.43. The monoisotopic (exact) mass is 249 g/mol. The molecule has 0 aromatic heterocycles. The molecule has 1 rings (SSSR count). The number of hydrogen-bond donors (Lipinski definition) is 2. The van der Waals surface area contributed by atoms with Gasteiger partial charge in [0.05, 0.1) is 0 Å². The first-order chi connectivity index (χ1) is 8.58. The van der Waals surface area contributed by atoms with E-state index in [2.05, 4.69) is 5.32 Å². The van der Waals surface area contributed by atoms with E-state index in [0.717, 1.165) is 5.56 Å². The second kappa shape index (κ2) is 6.91. The molecule has 0 fully saturated rings. The third-order valence-corrected chi connectivity index (χ3v) is 2.83. The zero-order valence-electron chi connectivity index (χ0n) is 10.8. The Hall–Kier alpha value is -1.68. The van der Waals surface area contributed by atoms with Gasteiger partial charge >= 0.3 is 0 Å². The minimum Gasteiger partial charge on any atom is -0.396 e. The summed E-state index contributed by atoms with van der Waals surface area (Å²) in [6.07, 6.45) is 1.15. The predicted molar refractivity (Wildman–Crippen MR) is 69.4 cm³/mol. The van der Waals surface area contributed by atoms with Crippen molar-refractivity contribution in [2.45, 2.75) is 32.7 Å². The average molecular weight is 249 g/mol. The number of aliphatic hydroxyl groups is 1. The molecule has 18 heavy (non-hydrogen) atoms. The van der Waals surface area contributed by atoms with Crippen LogP contribution in [0.3, 0.4) is 0 Å². The first-order valence-electron chi connectivity index (χ1n) is 6.11. The van der Waals surface area contributed by atoms with Crippen molar-refractivity contribution in [2.24, 2.45) is 0 Å². The quantitative estimate of drug-likeness (QED) is 0.592. The summed E-state index contributed by atoms with van der Waals surface area (Å²) in [5, 5.41) is 11.5. The summed E-state index contributed by atoms with van der Waals surface area (Å²) >= 11 is 0. The highest BCUT2D eigenvalue weighted by Crippen LogP contribution is 2.05. The van der Waals surface area contributed by atoms with E-state index in [1.165, 1.54) is 0 Å². The van der Waals surface area contributed by atoms with Crippen LogP contribution in [0.2, 0.25) is 0 Å². The molecule has 1 unspecified atom stereocenters. The molecule has 4 heteroatoms. The standard InChI is InChI=1S/C14H19NO3/c1-3-12(8-9-16)15-14(18)13(17)11-6-4-10(2)5-7-11/h4-7,12,16H,3,8-9H2,1-2H3,(H,15,18). The number of rotatable bonds is 6. The van der Waals surface area contributed by atoms with E-state index in [1.807, 2.05) is 13.8 Å². The third kappa shape index (κ3) is 3.96. The molecular weight excluding hydrogens is 230 g/mol. The number of hydrogen-bond acceptors (Lipinski definition) is 3. The lowest BCUT2D eigenvalue weighted by Crippen LogP contribution is -2.39. The van der Waals surface area contributed by atoms with Gasteiger partial charge in [-0.05, 0) is 19.8 Å². The largest absolute Gasteiger partial charge is 0.396 e. The minimum absolute atomic E-state index is 0.00247. The number of carbonyl (C=O) groups is 2. The SMILES string of the molecule is CCC(CCO)NC(=O)C(=O)c1ccc(C)cc1. The topological polar surface area (TPSA) is 66.4 Å². The molecule has 0 bridgehead atoms. The molecule has 0 radical (unpaired) electrons. The van der Waals surface area contributed by atoms with Crippen LogP contribution in [0.5, 0.6) is 0 Å². The summed E-state index contributed by atoms with van der Waals surface area (Å²) < 4.78 is 0. The molecule has 4 nitrogen and oxygen atoms in total. The summed E-state index contributed by atoms with van der Waals surface area (Å²) in [4.78, 5) is 23.6. The molecule has 0 saturated carbocycles. The normalized spacial score (nSPS) is 11.9. The van der Waals surface area contributed by atoms with Gasteiger partial charge in [0.1, 0.15) is 0 Å². The first-order valence-corrected chi connectivity index (χ1v) is 6.11. The van der Waals surface area contributed by atoms with Crippen LogP contribution in [0.4, 0.5) is 0 Å². The van der Waals surface area contributed by atoms with Crippen molar-refractivity contribution < 1.29 is 14.7 Å². The number of Topliss-reactive ketones (excluding diaryl/α,β-unsaturated/α-hetero) is 1. The number of aryl methyl sites for hydroxylation is 1. The van der Waals surface area contributed by atoms with Crippen molar-refractivity contribution in [3.8, 4) is 0 Å². The Kier molecular flexibility index (Phi) is 5.52. The highest BCUT2D eigenvalue weighted by atomic mass is 16.3. The first kappa shape index (κ1) is 14.4. The summed E-state index contributed by atoms with van der Waals surface area (Å²) in [6.45, 7) is 3.82. The zero-order chi connectivity index (χ0) is 13.5. The summed E-state index contributed by atoms with van der Waals surface area (Å²) in [6, 6.07) is 6.72. The molecule has 0 aliphatic carbocycles. The van der Waals surface area contributed by atoms with Gasteiger partial charge in [-0.25, -0.2) is 0 Å². The smallest absolute Gasteiger partial charge is 0.292 e. The Balaban J connectivity index is 2.66. The maximum atomic E-state index is 11.8. The molecule has 1 amide bonds. The van der Waals surface area contributed by atoms with Gasteiger partial charge in [0.15, 0.2) is 0 Å². The van der Waals surface area contributed by atoms with E-state index in [-0.39, 0.29) is 12.6 Å². The summed E-state index contributed by atoms with van der Waals surface area (Å²) in [5.74, 6) is -1.15. The van der Waals surface area contributed by atoms with Crippen LogP contribution in [0, 0.1) is 6.92 Å². The van der Waals surface area contributed by atoms with Crippen molar-refractivity contribution in [3.05, 3.63) is 35.4 Å².